The van der Waals surface area contributed by atoms with Gasteiger partial charge in [0.2, 0.25) is 5.91 Å². The summed E-state index contributed by atoms with van der Waals surface area (Å²) in [6, 6.07) is 8.59. The first-order chi connectivity index (χ1) is 13.5. The number of amides is 1. The highest BCUT2D eigenvalue weighted by molar-refractivity contribution is 6.01. The standard InChI is InChI=1S/C21H20FN3O3/c1-12-23-21-15(24(12)2)10-13(25-8-6-19(25)26)11-18(21)28-17-7-9-27-16-5-3-4-14(22)20(16)17/h3-5,10-11,17H,6-9H2,1-2H3. The number of carbonyl (C=O) groups is 1. The number of fused-ring (bicyclic) bond motifs is 2. The number of anilines is 1. The predicted molar refractivity (Wildman–Crippen MR) is 102 cm³/mol. The highest BCUT2D eigenvalue weighted by Crippen LogP contribution is 2.40. The number of rotatable bonds is 3. The number of benzene rings is 2. The first-order valence-corrected chi connectivity index (χ1v) is 9.38. The van der Waals surface area contributed by atoms with E-state index in [1.165, 1.54) is 6.07 Å². The smallest absolute Gasteiger partial charge is 0.228 e. The first kappa shape index (κ1) is 17.0. The Morgan fingerprint density at radius 1 is 1.32 bits per heavy atom. The van der Waals surface area contributed by atoms with Gasteiger partial charge in [-0.15, -0.1) is 0 Å². The molecule has 6 nitrogen and oxygen atoms in total. The van der Waals surface area contributed by atoms with Crippen molar-refractivity contribution in [1.82, 2.24) is 9.55 Å². The van der Waals surface area contributed by atoms with Gasteiger partial charge in [-0.1, -0.05) is 6.07 Å². The van der Waals surface area contributed by atoms with Crippen LogP contribution in [-0.4, -0.2) is 28.6 Å². The van der Waals surface area contributed by atoms with E-state index in [-0.39, 0.29) is 11.7 Å². The summed E-state index contributed by atoms with van der Waals surface area (Å²) < 4.78 is 28.4. The van der Waals surface area contributed by atoms with E-state index in [2.05, 4.69) is 4.98 Å². The van der Waals surface area contributed by atoms with E-state index in [0.29, 0.717) is 48.6 Å². The average Bonchev–Trinajstić information content (AvgIpc) is 2.96. The van der Waals surface area contributed by atoms with Crippen LogP contribution in [0.1, 0.15) is 30.3 Å². The zero-order chi connectivity index (χ0) is 19.4. The number of β-lactam (4-membered cyclic amide) rings is 1. The van der Waals surface area contributed by atoms with Crippen LogP contribution in [-0.2, 0) is 11.8 Å². The molecule has 0 aliphatic carbocycles. The van der Waals surface area contributed by atoms with E-state index in [1.807, 2.05) is 30.7 Å². The molecule has 7 heteroatoms. The Kier molecular flexibility index (Phi) is 3.79. The number of aryl methyl sites for hydroxylation is 2. The molecule has 144 valence electrons. The van der Waals surface area contributed by atoms with Crippen LogP contribution in [0.5, 0.6) is 11.5 Å². The zero-order valence-corrected chi connectivity index (χ0v) is 15.7. The minimum Gasteiger partial charge on any atom is -0.493 e. The van der Waals surface area contributed by atoms with Crippen LogP contribution in [0.2, 0.25) is 0 Å². The molecule has 0 bridgehead atoms. The van der Waals surface area contributed by atoms with E-state index in [1.54, 1.807) is 17.0 Å². The van der Waals surface area contributed by atoms with Crippen molar-refractivity contribution in [3.05, 3.63) is 47.5 Å². The Morgan fingerprint density at radius 2 is 2.18 bits per heavy atom. The fourth-order valence-electron chi connectivity index (χ4n) is 3.84. The van der Waals surface area contributed by atoms with Gasteiger partial charge in [-0.2, -0.15) is 0 Å². The van der Waals surface area contributed by atoms with Gasteiger partial charge >= 0.3 is 0 Å². The Labute approximate surface area is 161 Å². The van der Waals surface area contributed by atoms with Crippen LogP contribution in [0, 0.1) is 12.7 Å². The Hall–Kier alpha value is -3.09. The first-order valence-electron chi connectivity index (χ1n) is 9.38. The van der Waals surface area contributed by atoms with E-state index in [9.17, 15) is 9.18 Å². The minimum absolute atomic E-state index is 0.0895. The van der Waals surface area contributed by atoms with Crippen molar-refractivity contribution in [2.24, 2.45) is 7.05 Å². The summed E-state index contributed by atoms with van der Waals surface area (Å²) >= 11 is 0. The molecule has 2 aromatic carbocycles. The van der Waals surface area contributed by atoms with Crippen molar-refractivity contribution in [2.45, 2.75) is 25.9 Å². The van der Waals surface area contributed by atoms with Crippen molar-refractivity contribution in [2.75, 3.05) is 18.1 Å². The number of hydrogen-bond donors (Lipinski definition) is 0. The molecule has 1 fully saturated rings. The molecular formula is C21H20FN3O3. The summed E-state index contributed by atoms with van der Waals surface area (Å²) in [6.45, 7) is 3.06. The fraction of sp³-hybridized carbons (Fsp3) is 0.333. The van der Waals surface area contributed by atoms with Crippen LogP contribution in [0.3, 0.4) is 0 Å². The van der Waals surface area contributed by atoms with Gasteiger partial charge in [0.15, 0.2) is 0 Å². The summed E-state index contributed by atoms with van der Waals surface area (Å²) in [5, 5.41) is 0. The molecule has 2 aliphatic heterocycles. The van der Waals surface area contributed by atoms with Crippen LogP contribution < -0.4 is 14.4 Å². The van der Waals surface area contributed by atoms with Gasteiger partial charge in [0.25, 0.3) is 0 Å². The second kappa shape index (κ2) is 6.22. The summed E-state index contributed by atoms with van der Waals surface area (Å²) in [4.78, 5) is 18.3. The Bertz CT molecular complexity index is 1110. The lowest BCUT2D eigenvalue weighted by Gasteiger charge is -2.32. The fourth-order valence-corrected chi connectivity index (χ4v) is 3.84. The van der Waals surface area contributed by atoms with Gasteiger partial charge in [0.1, 0.15) is 34.8 Å². The third-order valence-electron chi connectivity index (χ3n) is 5.56. The van der Waals surface area contributed by atoms with Gasteiger partial charge in [0, 0.05) is 38.2 Å². The largest absolute Gasteiger partial charge is 0.493 e. The predicted octanol–water partition coefficient (Wildman–Crippen LogP) is 3.66. The molecular weight excluding hydrogens is 361 g/mol. The topological polar surface area (TPSA) is 56.6 Å². The van der Waals surface area contributed by atoms with Crippen molar-refractivity contribution >= 4 is 22.6 Å². The molecule has 1 unspecified atom stereocenters. The van der Waals surface area contributed by atoms with Gasteiger partial charge in [-0.25, -0.2) is 9.37 Å². The molecule has 0 saturated carbocycles. The van der Waals surface area contributed by atoms with Crippen molar-refractivity contribution in [1.29, 1.82) is 0 Å². The molecule has 0 N–H and O–H groups in total. The molecule has 5 rings (SSSR count). The molecule has 0 spiro atoms. The second-order valence-corrected chi connectivity index (χ2v) is 7.22. The lowest BCUT2D eigenvalue weighted by Crippen LogP contribution is -2.43. The molecule has 0 radical (unpaired) electrons. The maximum atomic E-state index is 14.5. The van der Waals surface area contributed by atoms with Crippen LogP contribution in [0.25, 0.3) is 11.0 Å². The zero-order valence-electron chi connectivity index (χ0n) is 15.7. The number of imidazole rings is 1. The maximum absolute atomic E-state index is 14.5. The molecule has 3 heterocycles. The number of nitrogens with zero attached hydrogens (tertiary/aromatic N) is 3. The molecule has 28 heavy (non-hydrogen) atoms. The normalized spacial score (nSPS) is 18.6. The van der Waals surface area contributed by atoms with Crippen molar-refractivity contribution in [3.8, 4) is 11.5 Å². The summed E-state index contributed by atoms with van der Waals surface area (Å²) in [5.41, 5.74) is 2.80. The number of halogens is 1. The van der Waals surface area contributed by atoms with Gasteiger partial charge in [-0.05, 0) is 25.1 Å². The number of carbonyl (C=O) groups excluding carboxylic acids is 1. The summed E-state index contributed by atoms with van der Waals surface area (Å²) in [6.07, 6.45) is 0.614. The van der Waals surface area contributed by atoms with E-state index in [4.69, 9.17) is 9.47 Å². The molecule has 1 amide bonds. The molecule has 1 aromatic heterocycles. The minimum atomic E-state index is -0.474. The summed E-state index contributed by atoms with van der Waals surface area (Å²) in [5.74, 6) is 1.65. The SMILES string of the molecule is Cc1nc2c(OC3CCOc4cccc(F)c43)cc(N3CCC3=O)cc2n1C. The van der Waals surface area contributed by atoms with Gasteiger partial charge < -0.3 is 18.9 Å². The third kappa shape index (κ3) is 2.53. The summed E-state index contributed by atoms with van der Waals surface area (Å²) in [7, 11) is 1.93. The van der Waals surface area contributed by atoms with E-state index < -0.39 is 6.10 Å². The highest BCUT2D eigenvalue weighted by Gasteiger charge is 2.30. The van der Waals surface area contributed by atoms with Gasteiger partial charge in [0.05, 0.1) is 17.7 Å². The molecule has 2 aliphatic rings. The van der Waals surface area contributed by atoms with Crippen molar-refractivity contribution < 1.29 is 18.7 Å². The maximum Gasteiger partial charge on any atom is 0.228 e. The van der Waals surface area contributed by atoms with Crippen LogP contribution >= 0.6 is 0 Å². The Balaban J connectivity index is 1.61. The van der Waals surface area contributed by atoms with E-state index >= 15 is 0 Å². The second-order valence-electron chi connectivity index (χ2n) is 7.22. The quantitative estimate of drug-likeness (QED) is 0.650. The van der Waals surface area contributed by atoms with Crippen LogP contribution in [0.4, 0.5) is 10.1 Å². The third-order valence-corrected chi connectivity index (χ3v) is 5.56. The number of hydrogen-bond acceptors (Lipinski definition) is 4. The Morgan fingerprint density at radius 3 is 2.93 bits per heavy atom. The molecule has 3 aromatic rings. The highest BCUT2D eigenvalue weighted by atomic mass is 19.1. The van der Waals surface area contributed by atoms with Gasteiger partial charge in [-0.3, -0.25) is 4.79 Å². The lowest BCUT2D eigenvalue weighted by molar-refractivity contribution is -0.122. The van der Waals surface area contributed by atoms with Crippen molar-refractivity contribution in [3.63, 3.8) is 0 Å². The monoisotopic (exact) mass is 381 g/mol. The lowest BCUT2D eigenvalue weighted by atomic mass is 10.0. The van der Waals surface area contributed by atoms with Crippen LogP contribution in [0.15, 0.2) is 30.3 Å². The number of ether oxygens (including phenoxy) is 2. The average molecular weight is 381 g/mol. The molecule has 1 saturated heterocycles. The molecule has 1 atom stereocenters. The van der Waals surface area contributed by atoms with E-state index in [0.717, 1.165) is 17.0 Å². The number of aromatic nitrogens is 2.